The normalized spacial score (nSPS) is 13.1. The van der Waals surface area contributed by atoms with Crippen molar-refractivity contribution in [2.24, 2.45) is 4.99 Å². The molecule has 0 aliphatic carbocycles. The molecule has 0 radical (unpaired) electrons. The van der Waals surface area contributed by atoms with Gasteiger partial charge in [0, 0.05) is 34.7 Å². The monoisotopic (exact) mass is 462 g/mol. The number of anilines is 1. The second-order valence-electron chi connectivity index (χ2n) is 6.84. The van der Waals surface area contributed by atoms with Crippen LogP contribution in [0.15, 0.2) is 53.7 Å². The van der Waals surface area contributed by atoms with E-state index in [4.69, 9.17) is 11.6 Å². The fraction of sp³-hybridized carbons (Fsp3) is 0.318. The summed E-state index contributed by atoms with van der Waals surface area (Å²) in [7, 11) is 0. The smallest absolute Gasteiger partial charge is 0.385 e. The van der Waals surface area contributed by atoms with Gasteiger partial charge in [0.25, 0.3) is 0 Å². The SMILES string of the molecule is C/C=C\N=C(C)c1cc(NCCCc2cc(C(F)(F)F)cc(C(F)(F)F)c2)ccc1Cl. The molecular weight excluding hydrogens is 442 g/mol. The van der Waals surface area contributed by atoms with Crippen molar-refractivity contribution in [3.8, 4) is 0 Å². The molecule has 0 bridgehead atoms. The number of aryl methyl sites for hydroxylation is 1. The van der Waals surface area contributed by atoms with Crippen LogP contribution in [0, 0.1) is 0 Å². The second-order valence-corrected chi connectivity index (χ2v) is 7.24. The van der Waals surface area contributed by atoms with Gasteiger partial charge in [-0.2, -0.15) is 26.3 Å². The highest BCUT2D eigenvalue weighted by Crippen LogP contribution is 2.36. The molecule has 31 heavy (non-hydrogen) atoms. The first-order valence-electron chi connectivity index (χ1n) is 9.39. The Morgan fingerprint density at radius 1 is 1.00 bits per heavy atom. The van der Waals surface area contributed by atoms with E-state index in [2.05, 4.69) is 10.3 Å². The highest BCUT2D eigenvalue weighted by atomic mass is 35.5. The molecule has 0 fully saturated rings. The molecule has 0 amide bonds. The summed E-state index contributed by atoms with van der Waals surface area (Å²) >= 11 is 6.20. The Balaban J connectivity index is 2.08. The van der Waals surface area contributed by atoms with Gasteiger partial charge in [0.2, 0.25) is 0 Å². The lowest BCUT2D eigenvalue weighted by molar-refractivity contribution is -0.143. The first-order valence-corrected chi connectivity index (χ1v) is 9.77. The van der Waals surface area contributed by atoms with Crippen molar-refractivity contribution in [2.45, 2.75) is 39.0 Å². The number of alkyl halides is 6. The van der Waals surface area contributed by atoms with Crippen molar-refractivity contribution < 1.29 is 26.3 Å². The number of nitrogens with one attached hydrogen (secondary N) is 1. The van der Waals surface area contributed by atoms with Crippen LogP contribution in [0.1, 0.15) is 42.5 Å². The fourth-order valence-corrected chi connectivity index (χ4v) is 3.11. The van der Waals surface area contributed by atoms with Gasteiger partial charge in [0.15, 0.2) is 0 Å². The molecule has 168 valence electrons. The largest absolute Gasteiger partial charge is 0.416 e. The highest BCUT2D eigenvalue weighted by molar-refractivity contribution is 6.34. The number of rotatable bonds is 7. The van der Waals surface area contributed by atoms with E-state index in [1.807, 2.05) is 6.92 Å². The predicted octanol–water partition coefficient (Wildman–Crippen LogP) is 7.76. The third-order valence-electron chi connectivity index (χ3n) is 4.39. The van der Waals surface area contributed by atoms with Crippen molar-refractivity contribution in [3.05, 3.63) is 76.0 Å². The number of halogens is 7. The van der Waals surface area contributed by atoms with Crippen LogP contribution in [0.2, 0.25) is 5.02 Å². The molecule has 0 heterocycles. The van der Waals surface area contributed by atoms with Crippen LogP contribution in [0.5, 0.6) is 0 Å². The van der Waals surface area contributed by atoms with Crippen LogP contribution in [-0.4, -0.2) is 12.3 Å². The maximum Gasteiger partial charge on any atom is 0.416 e. The van der Waals surface area contributed by atoms with Crippen LogP contribution < -0.4 is 5.32 Å². The molecule has 9 heteroatoms. The molecule has 0 unspecified atom stereocenters. The Kier molecular flexibility index (Phi) is 8.17. The zero-order valence-electron chi connectivity index (χ0n) is 16.8. The van der Waals surface area contributed by atoms with E-state index < -0.39 is 23.5 Å². The minimum absolute atomic E-state index is 0.0184. The van der Waals surface area contributed by atoms with Crippen LogP contribution in [-0.2, 0) is 18.8 Å². The minimum Gasteiger partial charge on any atom is -0.385 e. The van der Waals surface area contributed by atoms with Gasteiger partial charge in [-0.15, -0.1) is 0 Å². The van der Waals surface area contributed by atoms with Crippen molar-refractivity contribution in [3.63, 3.8) is 0 Å². The van der Waals surface area contributed by atoms with E-state index in [-0.39, 0.29) is 18.1 Å². The van der Waals surface area contributed by atoms with Crippen LogP contribution in [0.25, 0.3) is 0 Å². The molecule has 0 atom stereocenters. The van der Waals surface area contributed by atoms with Gasteiger partial charge in [-0.1, -0.05) is 17.7 Å². The number of aliphatic imine (C=N–C) groups is 1. The molecule has 2 rings (SSSR count). The molecule has 2 aromatic carbocycles. The Morgan fingerprint density at radius 3 is 2.16 bits per heavy atom. The van der Waals surface area contributed by atoms with Crippen molar-refractivity contribution in [2.75, 3.05) is 11.9 Å². The van der Waals surface area contributed by atoms with Gasteiger partial charge in [0.1, 0.15) is 0 Å². The zero-order chi connectivity index (χ0) is 23.2. The third-order valence-corrected chi connectivity index (χ3v) is 4.72. The Labute approximate surface area is 181 Å². The first-order chi connectivity index (χ1) is 14.4. The summed E-state index contributed by atoms with van der Waals surface area (Å²) in [5.41, 5.74) is -0.482. The summed E-state index contributed by atoms with van der Waals surface area (Å²) in [6.07, 6.45) is -5.89. The molecule has 0 aliphatic rings. The Morgan fingerprint density at radius 2 is 1.61 bits per heavy atom. The van der Waals surface area contributed by atoms with Gasteiger partial charge in [-0.3, -0.25) is 4.99 Å². The summed E-state index contributed by atoms with van der Waals surface area (Å²) in [5, 5.41) is 3.62. The van der Waals surface area contributed by atoms with Gasteiger partial charge < -0.3 is 5.32 Å². The second kappa shape index (κ2) is 10.2. The molecule has 0 saturated heterocycles. The van der Waals surface area contributed by atoms with Crippen molar-refractivity contribution >= 4 is 23.0 Å². The molecular formula is C22H21ClF6N2. The summed E-state index contributed by atoms with van der Waals surface area (Å²) < 4.78 is 77.7. The lowest BCUT2D eigenvalue weighted by Crippen LogP contribution is -2.12. The van der Waals surface area contributed by atoms with E-state index in [0.29, 0.717) is 23.7 Å². The lowest BCUT2D eigenvalue weighted by Gasteiger charge is -2.14. The average molecular weight is 463 g/mol. The zero-order valence-corrected chi connectivity index (χ0v) is 17.6. The quantitative estimate of drug-likeness (QED) is 0.254. The number of hydrogen-bond acceptors (Lipinski definition) is 2. The summed E-state index contributed by atoms with van der Waals surface area (Å²) in [6.45, 7) is 3.99. The Bertz CT molecular complexity index is 929. The van der Waals surface area contributed by atoms with Crippen LogP contribution >= 0.6 is 11.6 Å². The van der Waals surface area contributed by atoms with Gasteiger partial charge in [-0.05, 0) is 68.7 Å². The van der Waals surface area contributed by atoms with E-state index in [9.17, 15) is 26.3 Å². The number of nitrogens with zero attached hydrogens (tertiary/aromatic N) is 1. The predicted molar refractivity (Wildman–Crippen MR) is 112 cm³/mol. The molecule has 2 aromatic rings. The summed E-state index contributed by atoms with van der Waals surface area (Å²) in [6, 6.07) is 6.87. The average Bonchev–Trinajstić information content (AvgIpc) is 2.69. The molecule has 1 N–H and O–H groups in total. The summed E-state index contributed by atoms with van der Waals surface area (Å²) in [5.74, 6) is 0. The highest BCUT2D eigenvalue weighted by Gasteiger charge is 2.36. The van der Waals surface area contributed by atoms with E-state index >= 15 is 0 Å². The van der Waals surface area contributed by atoms with E-state index in [0.717, 1.165) is 23.4 Å². The van der Waals surface area contributed by atoms with Crippen LogP contribution in [0.3, 0.4) is 0 Å². The van der Waals surface area contributed by atoms with Gasteiger partial charge in [0.05, 0.1) is 11.1 Å². The van der Waals surface area contributed by atoms with Crippen molar-refractivity contribution in [1.82, 2.24) is 0 Å². The van der Waals surface area contributed by atoms with Crippen LogP contribution in [0.4, 0.5) is 32.0 Å². The first kappa shape index (κ1) is 24.8. The number of allylic oxidation sites excluding steroid dienone is 1. The van der Waals surface area contributed by atoms with Gasteiger partial charge >= 0.3 is 12.4 Å². The molecule has 0 spiro atoms. The third kappa shape index (κ3) is 7.31. The fourth-order valence-electron chi connectivity index (χ4n) is 2.86. The molecule has 0 saturated carbocycles. The number of benzene rings is 2. The molecule has 2 nitrogen and oxygen atoms in total. The minimum atomic E-state index is -4.85. The Hall–Kier alpha value is -2.48. The standard InChI is InChI=1S/C22H21ClF6N2/c1-3-8-30-14(2)19-13-18(6-7-20(19)23)31-9-4-5-15-10-16(21(24,25)26)12-17(11-15)22(27,28)29/h3,6-8,10-13,31H,4-5,9H2,1-2H3/b8-3-,30-14?. The van der Waals surface area contributed by atoms with E-state index in [1.54, 1.807) is 37.4 Å². The van der Waals surface area contributed by atoms with E-state index in [1.165, 1.54) is 0 Å². The molecule has 0 aliphatic heterocycles. The topological polar surface area (TPSA) is 24.4 Å². The lowest BCUT2D eigenvalue weighted by atomic mass is 10.0. The summed E-state index contributed by atoms with van der Waals surface area (Å²) in [4.78, 5) is 4.25. The van der Waals surface area contributed by atoms with Gasteiger partial charge in [-0.25, -0.2) is 0 Å². The van der Waals surface area contributed by atoms with Crippen molar-refractivity contribution in [1.29, 1.82) is 0 Å². The maximum absolute atomic E-state index is 13.0. The maximum atomic E-state index is 13.0. The number of hydrogen-bond donors (Lipinski definition) is 1. The molecule has 0 aromatic heterocycles.